The molecule has 166 valence electrons. The number of hydrogen-bond donors (Lipinski definition) is 1. The maximum Gasteiger partial charge on any atom is 0.251 e. The van der Waals surface area contributed by atoms with Gasteiger partial charge in [-0.15, -0.1) is 0 Å². The van der Waals surface area contributed by atoms with E-state index in [1.165, 1.54) is 12.1 Å². The van der Waals surface area contributed by atoms with Crippen molar-refractivity contribution in [1.29, 1.82) is 0 Å². The minimum Gasteiger partial charge on any atom is -0.367 e. The van der Waals surface area contributed by atoms with E-state index in [2.05, 4.69) is 28.4 Å². The van der Waals surface area contributed by atoms with Crippen molar-refractivity contribution in [2.24, 2.45) is 0 Å². The normalized spacial score (nSPS) is 13.7. The molecule has 1 aliphatic rings. The quantitative estimate of drug-likeness (QED) is 0.401. The first-order valence-electron chi connectivity index (χ1n) is 11.1. The number of nitrogens with zero attached hydrogens (tertiary/aromatic N) is 1. The topological polar surface area (TPSA) is 32.3 Å². The SMILES string of the molecule is CC(NC(=O)c1ccc2c(c1)CCN2Cc1ccc(F)cc1F)c1cccc2ccccc12. The Morgan fingerprint density at radius 3 is 2.67 bits per heavy atom. The van der Waals surface area contributed by atoms with E-state index in [0.29, 0.717) is 17.7 Å². The summed E-state index contributed by atoms with van der Waals surface area (Å²) in [5.41, 5.74) is 4.18. The van der Waals surface area contributed by atoms with Crippen LogP contribution in [0.1, 0.15) is 40.0 Å². The summed E-state index contributed by atoms with van der Waals surface area (Å²) >= 11 is 0. The lowest BCUT2D eigenvalue weighted by Gasteiger charge is -2.20. The van der Waals surface area contributed by atoms with Crippen molar-refractivity contribution in [1.82, 2.24) is 5.32 Å². The second kappa shape index (κ2) is 8.66. The molecule has 1 aliphatic heterocycles. The predicted octanol–water partition coefficient (Wildman–Crippen LogP) is 6.17. The molecule has 3 nitrogen and oxygen atoms in total. The van der Waals surface area contributed by atoms with E-state index in [0.717, 1.165) is 46.6 Å². The molecular formula is C28H24F2N2O. The van der Waals surface area contributed by atoms with Gasteiger partial charge in [-0.3, -0.25) is 4.79 Å². The standard InChI is InChI=1S/C28H24F2N2O/c1-18(24-8-4-6-19-5-2-3-7-25(19)24)31-28(33)21-10-12-27-20(15-21)13-14-32(27)17-22-9-11-23(29)16-26(22)30/h2-12,15-16,18H,13-14,17H2,1H3,(H,31,33). The molecule has 0 saturated carbocycles. The van der Waals surface area contributed by atoms with Gasteiger partial charge in [-0.2, -0.15) is 0 Å². The van der Waals surface area contributed by atoms with Crippen LogP contribution in [0.15, 0.2) is 78.9 Å². The molecule has 0 spiro atoms. The van der Waals surface area contributed by atoms with Crippen molar-refractivity contribution in [2.45, 2.75) is 25.9 Å². The molecule has 0 bridgehead atoms. The molecule has 1 N–H and O–H groups in total. The fourth-order valence-electron chi connectivity index (χ4n) is 4.62. The lowest BCUT2D eigenvalue weighted by atomic mass is 9.99. The Kier molecular flexibility index (Phi) is 5.55. The molecule has 1 heterocycles. The molecule has 1 amide bonds. The highest BCUT2D eigenvalue weighted by Crippen LogP contribution is 2.31. The van der Waals surface area contributed by atoms with Crippen molar-refractivity contribution >= 4 is 22.4 Å². The van der Waals surface area contributed by atoms with Gasteiger partial charge in [0.1, 0.15) is 11.6 Å². The number of benzene rings is 4. The summed E-state index contributed by atoms with van der Waals surface area (Å²) in [6.45, 7) is 3.08. The van der Waals surface area contributed by atoms with Gasteiger partial charge >= 0.3 is 0 Å². The van der Waals surface area contributed by atoms with Crippen molar-refractivity contribution < 1.29 is 13.6 Å². The van der Waals surface area contributed by atoms with Crippen LogP contribution in [0.4, 0.5) is 14.5 Å². The number of rotatable bonds is 5. The summed E-state index contributed by atoms with van der Waals surface area (Å²) in [6.07, 6.45) is 0.776. The van der Waals surface area contributed by atoms with E-state index in [9.17, 15) is 13.6 Å². The van der Waals surface area contributed by atoms with Crippen LogP contribution in [0, 0.1) is 11.6 Å². The van der Waals surface area contributed by atoms with Gasteiger partial charge in [0.2, 0.25) is 0 Å². The number of nitrogens with one attached hydrogen (secondary N) is 1. The van der Waals surface area contributed by atoms with E-state index in [1.54, 1.807) is 0 Å². The van der Waals surface area contributed by atoms with Crippen LogP contribution < -0.4 is 10.2 Å². The third-order valence-electron chi connectivity index (χ3n) is 6.35. The number of carbonyl (C=O) groups excluding carboxylic acids is 1. The van der Waals surface area contributed by atoms with Crippen molar-refractivity contribution in [3.05, 3.63) is 113 Å². The Balaban J connectivity index is 1.32. The van der Waals surface area contributed by atoms with Gasteiger partial charge in [0.15, 0.2) is 0 Å². The van der Waals surface area contributed by atoms with E-state index in [1.807, 2.05) is 49.4 Å². The number of fused-ring (bicyclic) bond motifs is 2. The summed E-state index contributed by atoms with van der Waals surface area (Å²) in [5.74, 6) is -1.24. The minimum absolute atomic E-state index is 0.124. The second-order valence-electron chi connectivity index (χ2n) is 8.51. The summed E-state index contributed by atoms with van der Waals surface area (Å²) in [4.78, 5) is 15.1. The maximum absolute atomic E-state index is 14.1. The lowest BCUT2D eigenvalue weighted by molar-refractivity contribution is 0.0940. The molecule has 0 aromatic heterocycles. The van der Waals surface area contributed by atoms with Crippen LogP contribution in [0.5, 0.6) is 0 Å². The number of anilines is 1. The first-order chi connectivity index (χ1) is 16.0. The van der Waals surface area contributed by atoms with Gasteiger partial charge in [0, 0.05) is 36.0 Å². The predicted molar refractivity (Wildman–Crippen MR) is 127 cm³/mol. The largest absolute Gasteiger partial charge is 0.367 e. The first kappa shape index (κ1) is 21.1. The van der Waals surface area contributed by atoms with Crippen LogP contribution in [0.2, 0.25) is 0 Å². The molecule has 5 heteroatoms. The van der Waals surface area contributed by atoms with Crippen LogP contribution in [0.3, 0.4) is 0 Å². The molecule has 0 aliphatic carbocycles. The molecular weight excluding hydrogens is 418 g/mol. The van der Waals surface area contributed by atoms with Crippen LogP contribution in [-0.2, 0) is 13.0 Å². The molecule has 4 aromatic rings. The lowest BCUT2D eigenvalue weighted by Crippen LogP contribution is -2.27. The Morgan fingerprint density at radius 1 is 1.00 bits per heavy atom. The number of amides is 1. The number of carbonyl (C=O) groups is 1. The van der Waals surface area contributed by atoms with E-state index in [-0.39, 0.29) is 11.9 Å². The van der Waals surface area contributed by atoms with E-state index < -0.39 is 11.6 Å². The summed E-state index contributed by atoms with van der Waals surface area (Å²) in [6, 6.07) is 23.4. The first-order valence-corrected chi connectivity index (χ1v) is 11.1. The average Bonchev–Trinajstić information content (AvgIpc) is 3.22. The number of halogens is 2. The Morgan fingerprint density at radius 2 is 1.82 bits per heavy atom. The molecule has 0 radical (unpaired) electrons. The smallest absolute Gasteiger partial charge is 0.251 e. The summed E-state index contributed by atoms with van der Waals surface area (Å²) < 4.78 is 27.3. The van der Waals surface area contributed by atoms with E-state index >= 15 is 0 Å². The highest BCUT2D eigenvalue weighted by molar-refractivity contribution is 5.96. The Labute approximate surface area is 191 Å². The van der Waals surface area contributed by atoms with Crippen LogP contribution in [0.25, 0.3) is 10.8 Å². The zero-order valence-electron chi connectivity index (χ0n) is 18.3. The fourth-order valence-corrected chi connectivity index (χ4v) is 4.62. The molecule has 0 saturated heterocycles. The molecule has 33 heavy (non-hydrogen) atoms. The highest BCUT2D eigenvalue weighted by atomic mass is 19.1. The van der Waals surface area contributed by atoms with E-state index in [4.69, 9.17) is 0 Å². The molecule has 1 atom stereocenters. The van der Waals surface area contributed by atoms with Crippen LogP contribution in [-0.4, -0.2) is 12.5 Å². The average molecular weight is 443 g/mol. The van der Waals surface area contributed by atoms with Crippen molar-refractivity contribution in [3.63, 3.8) is 0 Å². The minimum atomic E-state index is -0.577. The van der Waals surface area contributed by atoms with Gasteiger partial charge in [0.25, 0.3) is 5.91 Å². The Hall–Kier alpha value is -3.73. The van der Waals surface area contributed by atoms with Crippen molar-refractivity contribution in [2.75, 3.05) is 11.4 Å². The highest BCUT2D eigenvalue weighted by Gasteiger charge is 2.22. The molecule has 1 unspecified atom stereocenters. The van der Waals surface area contributed by atoms with Crippen molar-refractivity contribution in [3.8, 4) is 0 Å². The fraction of sp³-hybridized carbons (Fsp3) is 0.179. The molecule has 0 fully saturated rings. The summed E-state index contributed by atoms with van der Waals surface area (Å²) in [7, 11) is 0. The van der Waals surface area contributed by atoms with Crippen LogP contribution >= 0.6 is 0 Å². The molecule has 5 rings (SSSR count). The molecule has 4 aromatic carbocycles. The maximum atomic E-state index is 14.1. The number of hydrogen-bond acceptors (Lipinski definition) is 2. The van der Waals surface area contributed by atoms with Gasteiger partial charge < -0.3 is 10.2 Å². The van der Waals surface area contributed by atoms with Gasteiger partial charge in [0.05, 0.1) is 6.04 Å². The zero-order valence-corrected chi connectivity index (χ0v) is 18.3. The zero-order chi connectivity index (χ0) is 22.9. The third kappa shape index (κ3) is 4.19. The van der Waals surface area contributed by atoms with Gasteiger partial charge in [-0.05, 0) is 59.5 Å². The van der Waals surface area contributed by atoms with Gasteiger partial charge in [-0.1, -0.05) is 48.5 Å². The monoisotopic (exact) mass is 442 g/mol. The third-order valence-corrected chi connectivity index (χ3v) is 6.35. The second-order valence-corrected chi connectivity index (χ2v) is 8.51. The summed E-state index contributed by atoms with van der Waals surface area (Å²) in [5, 5.41) is 5.40. The van der Waals surface area contributed by atoms with Gasteiger partial charge in [-0.25, -0.2) is 8.78 Å². The Bertz CT molecular complexity index is 1350.